The predicted octanol–water partition coefficient (Wildman–Crippen LogP) is 2.24. The number of para-hydroxylation sites is 1. The molecule has 0 radical (unpaired) electrons. The molecule has 0 spiro atoms. The van der Waals surface area contributed by atoms with E-state index in [1.165, 1.54) is 16.8 Å². The maximum absolute atomic E-state index is 11.5. The van der Waals surface area contributed by atoms with Crippen LogP contribution < -0.4 is 20.7 Å². The van der Waals surface area contributed by atoms with Crippen LogP contribution in [0.1, 0.15) is 16.7 Å². The number of rotatable bonds is 9. The second-order valence-electron chi connectivity index (χ2n) is 6.87. The normalized spacial score (nSPS) is 13.8. The van der Waals surface area contributed by atoms with Gasteiger partial charge in [0.15, 0.2) is 0 Å². The molecule has 0 saturated heterocycles. The van der Waals surface area contributed by atoms with E-state index < -0.39 is 6.10 Å². The predicted molar refractivity (Wildman–Crippen MR) is 108 cm³/mol. The molecule has 0 aliphatic carbocycles. The molecular formula is C21H27N3O3. The average molecular weight is 369 g/mol. The lowest BCUT2D eigenvalue weighted by molar-refractivity contribution is -0.115. The van der Waals surface area contributed by atoms with Gasteiger partial charge in [0.05, 0.1) is 6.42 Å². The Kier molecular flexibility index (Phi) is 6.32. The molecule has 144 valence electrons. The Labute approximate surface area is 159 Å². The van der Waals surface area contributed by atoms with Crippen LogP contribution in [0, 0.1) is 13.8 Å². The molecule has 0 aromatic heterocycles. The monoisotopic (exact) mass is 369 g/mol. The Bertz CT molecular complexity index is 787. The van der Waals surface area contributed by atoms with Gasteiger partial charge in [0.25, 0.3) is 0 Å². The van der Waals surface area contributed by atoms with Crippen molar-refractivity contribution in [3.8, 4) is 5.75 Å². The topological polar surface area (TPSA) is 82.6 Å². The number of hydrogen-bond donors (Lipinski definition) is 4. The number of carbonyl (C=O) groups excluding carboxylic acids is 1. The number of benzene rings is 2. The van der Waals surface area contributed by atoms with Crippen molar-refractivity contribution >= 4 is 17.3 Å². The summed E-state index contributed by atoms with van der Waals surface area (Å²) in [6.07, 6.45) is -0.296. The molecule has 1 amide bonds. The van der Waals surface area contributed by atoms with Crippen LogP contribution in [0.3, 0.4) is 0 Å². The van der Waals surface area contributed by atoms with E-state index in [1.54, 1.807) is 0 Å². The third-order valence-corrected chi connectivity index (χ3v) is 4.64. The van der Waals surface area contributed by atoms with Crippen molar-refractivity contribution < 1.29 is 14.6 Å². The van der Waals surface area contributed by atoms with Crippen LogP contribution in [0.25, 0.3) is 0 Å². The van der Waals surface area contributed by atoms with E-state index in [9.17, 15) is 9.90 Å². The van der Waals surface area contributed by atoms with Gasteiger partial charge in [0.2, 0.25) is 5.91 Å². The zero-order valence-electron chi connectivity index (χ0n) is 15.8. The number of hydrogen-bond acceptors (Lipinski definition) is 5. The van der Waals surface area contributed by atoms with Crippen LogP contribution in [0.2, 0.25) is 0 Å². The summed E-state index contributed by atoms with van der Waals surface area (Å²) in [5.74, 6) is 0.626. The van der Waals surface area contributed by atoms with Crippen LogP contribution >= 0.6 is 0 Å². The molecule has 2 aromatic carbocycles. The number of aryl methyl sites for hydroxylation is 2. The van der Waals surface area contributed by atoms with E-state index in [0.29, 0.717) is 18.7 Å². The molecule has 6 nitrogen and oxygen atoms in total. The van der Waals surface area contributed by atoms with E-state index in [-0.39, 0.29) is 12.5 Å². The number of fused-ring (bicyclic) bond motifs is 1. The summed E-state index contributed by atoms with van der Waals surface area (Å²) < 4.78 is 5.72. The van der Waals surface area contributed by atoms with Crippen LogP contribution in [-0.2, 0) is 11.2 Å². The van der Waals surface area contributed by atoms with E-state index >= 15 is 0 Å². The van der Waals surface area contributed by atoms with Gasteiger partial charge >= 0.3 is 0 Å². The first-order valence-corrected chi connectivity index (χ1v) is 9.28. The van der Waals surface area contributed by atoms with Crippen molar-refractivity contribution in [1.29, 1.82) is 0 Å². The van der Waals surface area contributed by atoms with E-state index in [4.69, 9.17) is 4.74 Å². The third-order valence-electron chi connectivity index (χ3n) is 4.64. The smallest absolute Gasteiger partial charge is 0.229 e. The molecule has 27 heavy (non-hydrogen) atoms. The van der Waals surface area contributed by atoms with Gasteiger partial charge in [-0.25, -0.2) is 0 Å². The molecule has 1 atom stereocenters. The molecule has 1 aliphatic heterocycles. The maximum Gasteiger partial charge on any atom is 0.229 e. The number of nitrogens with one attached hydrogen (secondary N) is 3. The van der Waals surface area contributed by atoms with Crippen molar-refractivity contribution in [2.45, 2.75) is 26.4 Å². The third kappa shape index (κ3) is 4.99. The number of ether oxygens (including phenoxy) is 1. The summed E-state index contributed by atoms with van der Waals surface area (Å²) in [7, 11) is 0. The standard InChI is InChI=1S/C21H27N3O3/c1-14-5-3-6-15(2)21(14)23-10-9-22-12-16(25)13-27-19-8-4-7-18-17(19)11-20(26)24-18/h3-8,16,22-23,25H,9-13H2,1-2H3,(H,24,26). The van der Waals surface area contributed by atoms with Crippen molar-refractivity contribution in [2.75, 3.05) is 36.9 Å². The number of amides is 1. The summed E-state index contributed by atoms with van der Waals surface area (Å²) in [6, 6.07) is 11.8. The highest BCUT2D eigenvalue weighted by atomic mass is 16.5. The van der Waals surface area contributed by atoms with Gasteiger partial charge < -0.3 is 25.8 Å². The SMILES string of the molecule is Cc1cccc(C)c1NCCNCC(O)COc1cccc2c1CC(=O)N2. The molecular weight excluding hydrogens is 342 g/mol. The minimum Gasteiger partial charge on any atom is -0.490 e. The van der Waals surface area contributed by atoms with Crippen LogP contribution in [0.4, 0.5) is 11.4 Å². The lowest BCUT2D eigenvalue weighted by atomic mass is 10.1. The van der Waals surface area contributed by atoms with Crippen LogP contribution in [0.15, 0.2) is 36.4 Å². The molecule has 3 rings (SSSR count). The minimum absolute atomic E-state index is 0.0281. The molecule has 1 heterocycles. The molecule has 6 heteroatoms. The first kappa shape index (κ1) is 19.2. The number of anilines is 2. The van der Waals surface area contributed by atoms with Gasteiger partial charge in [0, 0.05) is 36.6 Å². The largest absolute Gasteiger partial charge is 0.490 e. The highest BCUT2D eigenvalue weighted by Gasteiger charge is 2.21. The highest BCUT2D eigenvalue weighted by Crippen LogP contribution is 2.31. The number of aliphatic hydroxyl groups excluding tert-OH is 1. The first-order valence-electron chi connectivity index (χ1n) is 9.28. The van der Waals surface area contributed by atoms with E-state index in [2.05, 4.69) is 48.0 Å². The quantitative estimate of drug-likeness (QED) is 0.510. The van der Waals surface area contributed by atoms with Crippen molar-refractivity contribution in [1.82, 2.24) is 5.32 Å². The second kappa shape index (κ2) is 8.88. The Hall–Kier alpha value is -2.57. The fraction of sp³-hybridized carbons (Fsp3) is 0.381. The van der Waals surface area contributed by atoms with E-state index in [1.807, 2.05) is 18.2 Å². The van der Waals surface area contributed by atoms with E-state index in [0.717, 1.165) is 24.3 Å². The molecule has 1 unspecified atom stereocenters. The van der Waals surface area contributed by atoms with Gasteiger partial charge in [-0.05, 0) is 37.1 Å². The summed E-state index contributed by atoms with van der Waals surface area (Å²) in [5.41, 5.74) is 5.28. The van der Waals surface area contributed by atoms with Gasteiger partial charge in [-0.3, -0.25) is 4.79 Å². The molecule has 0 fully saturated rings. The van der Waals surface area contributed by atoms with Gasteiger partial charge in [0.1, 0.15) is 18.5 Å². The lowest BCUT2D eigenvalue weighted by Crippen LogP contribution is -2.34. The van der Waals surface area contributed by atoms with Crippen molar-refractivity contribution in [3.63, 3.8) is 0 Å². The fourth-order valence-electron chi connectivity index (χ4n) is 3.24. The second-order valence-corrected chi connectivity index (χ2v) is 6.87. The fourth-order valence-corrected chi connectivity index (χ4v) is 3.24. The Morgan fingerprint density at radius 1 is 1.15 bits per heavy atom. The summed E-state index contributed by atoms with van der Waals surface area (Å²) in [4.78, 5) is 11.5. The number of aliphatic hydroxyl groups is 1. The van der Waals surface area contributed by atoms with Crippen LogP contribution in [0.5, 0.6) is 5.75 Å². The van der Waals surface area contributed by atoms with Gasteiger partial charge in [-0.1, -0.05) is 24.3 Å². The Morgan fingerprint density at radius 2 is 1.89 bits per heavy atom. The average Bonchev–Trinajstić information content (AvgIpc) is 3.02. The molecule has 1 aliphatic rings. The highest BCUT2D eigenvalue weighted by molar-refractivity contribution is 6.00. The van der Waals surface area contributed by atoms with Gasteiger partial charge in [-0.2, -0.15) is 0 Å². The van der Waals surface area contributed by atoms with Crippen LogP contribution in [-0.4, -0.2) is 43.4 Å². The zero-order valence-corrected chi connectivity index (χ0v) is 15.8. The maximum atomic E-state index is 11.5. The summed E-state index contributed by atoms with van der Waals surface area (Å²) in [6.45, 7) is 6.33. The van der Waals surface area contributed by atoms with Gasteiger partial charge in [-0.15, -0.1) is 0 Å². The van der Waals surface area contributed by atoms with Crippen molar-refractivity contribution in [3.05, 3.63) is 53.1 Å². The molecule has 0 saturated carbocycles. The minimum atomic E-state index is -0.619. The lowest BCUT2D eigenvalue weighted by Gasteiger charge is -2.16. The summed E-state index contributed by atoms with van der Waals surface area (Å²) in [5, 5.41) is 19.6. The molecule has 2 aromatic rings. The Balaban J connectivity index is 1.37. The molecule has 0 bridgehead atoms. The number of carbonyl (C=O) groups is 1. The summed E-state index contributed by atoms with van der Waals surface area (Å²) >= 11 is 0. The zero-order chi connectivity index (χ0) is 19.2. The Morgan fingerprint density at radius 3 is 2.67 bits per heavy atom. The molecule has 4 N–H and O–H groups in total. The van der Waals surface area contributed by atoms with Crippen molar-refractivity contribution in [2.24, 2.45) is 0 Å². The first-order chi connectivity index (χ1) is 13.0.